The monoisotopic (exact) mass is 417 g/mol. The van der Waals surface area contributed by atoms with Crippen LogP contribution in [0.4, 0.5) is 0 Å². The van der Waals surface area contributed by atoms with Crippen molar-refractivity contribution in [3.05, 3.63) is 34.9 Å². The molecule has 2 amide bonds. The maximum atomic E-state index is 12.8. The molecule has 29 heavy (non-hydrogen) atoms. The van der Waals surface area contributed by atoms with Crippen LogP contribution >= 0.6 is 11.6 Å². The van der Waals surface area contributed by atoms with Gasteiger partial charge in [-0.15, -0.1) is 0 Å². The molecule has 158 valence electrons. The van der Waals surface area contributed by atoms with Gasteiger partial charge in [0.15, 0.2) is 0 Å². The van der Waals surface area contributed by atoms with E-state index in [0.717, 1.165) is 38.0 Å². The van der Waals surface area contributed by atoms with E-state index in [-0.39, 0.29) is 23.3 Å². The number of rotatable bonds is 5. The van der Waals surface area contributed by atoms with Gasteiger partial charge >= 0.3 is 0 Å². The first-order valence-electron chi connectivity index (χ1n) is 11.0. The lowest BCUT2D eigenvalue weighted by molar-refractivity contribution is -0.132. The molecule has 5 nitrogen and oxygen atoms in total. The van der Waals surface area contributed by atoms with Gasteiger partial charge in [0.1, 0.15) is 0 Å². The number of fused-ring (bicyclic) bond motifs is 2. The van der Waals surface area contributed by atoms with Crippen LogP contribution < -0.4 is 5.32 Å². The van der Waals surface area contributed by atoms with Crippen LogP contribution in [0.2, 0.25) is 5.02 Å². The van der Waals surface area contributed by atoms with E-state index in [1.165, 1.54) is 6.42 Å². The molecule has 0 bridgehead atoms. The molecule has 0 aromatic heterocycles. The third kappa shape index (κ3) is 4.04. The minimum absolute atomic E-state index is 0.115. The number of benzene rings is 1. The molecule has 1 aromatic carbocycles. The van der Waals surface area contributed by atoms with Gasteiger partial charge in [0.2, 0.25) is 11.8 Å². The van der Waals surface area contributed by atoms with Crippen LogP contribution in [-0.2, 0) is 16.0 Å². The number of carbonyl (C=O) groups excluding carboxylic acids is 2. The minimum Gasteiger partial charge on any atom is -0.350 e. The lowest BCUT2D eigenvalue weighted by atomic mass is 9.75. The summed E-state index contributed by atoms with van der Waals surface area (Å²) in [6, 6.07) is 7.54. The number of piperidine rings is 1. The fraction of sp³-hybridized carbons (Fsp3) is 0.652. The second-order valence-electron chi connectivity index (χ2n) is 9.24. The normalized spacial score (nSPS) is 27.1. The number of amides is 2. The number of nitrogens with zero attached hydrogens (tertiary/aromatic N) is 2. The van der Waals surface area contributed by atoms with E-state index in [1.54, 1.807) is 0 Å². The molecule has 0 saturated carbocycles. The summed E-state index contributed by atoms with van der Waals surface area (Å²) < 4.78 is 0. The Morgan fingerprint density at radius 3 is 2.69 bits per heavy atom. The first kappa shape index (κ1) is 20.7. The molecule has 0 unspecified atom stereocenters. The van der Waals surface area contributed by atoms with Crippen molar-refractivity contribution in [2.75, 3.05) is 32.7 Å². The van der Waals surface area contributed by atoms with Crippen molar-refractivity contribution in [3.63, 3.8) is 0 Å². The number of likely N-dealkylation sites (tertiary alicyclic amines) is 2. The largest absolute Gasteiger partial charge is 0.350 e. The highest BCUT2D eigenvalue weighted by atomic mass is 35.5. The van der Waals surface area contributed by atoms with Gasteiger partial charge in [-0.25, -0.2) is 0 Å². The topological polar surface area (TPSA) is 52.7 Å². The molecule has 4 rings (SSSR count). The Morgan fingerprint density at radius 2 is 2.00 bits per heavy atom. The Labute approximate surface area is 178 Å². The molecule has 1 aromatic rings. The summed E-state index contributed by atoms with van der Waals surface area (Å²) in [5.41, 5.74) is 0.748. The van der Waals surface area contributed by atoms with Crippen LogP contribution in [0.1, 0.15) is 38.7 Å². The van der Waals surface area contributed by atoms with Crippen molar-refractivity contribution in [1.82, 2.24) is 15.1 Å². The second kappa shape index (κ2) is 8.27. The average molecular weight is 418 g/mol. The quantitative estimate of drug-likeness (QED) is 0.801. The van der Waals surface area contributed by atoms with Crippen molar-refractivity contribution >= 4 is 23.4 Å². The van der Waals surface area contributed by atoms with Gasteiger partial charge in [-0.2, -0.15) is 0 Å². The zero-order chi connectivity index (χ0) is 20.6. The van der Waals surface area contributed by atoms with Gasteiger partial charge in [-0.05, 0) is 30.4 Å². The summed E-state index contributed by atoms with van der Waals surface area (Å²) in [6.45, 7) is 8.89. The Balaban J connectivity index is 1.37. The highest BCUT2D eigenvalue weighted by Crippen LogP contribution is 2.44. The lowest BCUT2D eigenvalue weighted by Gasteiger charge is -2.43. The van der Waals surface area contributed by atoms with Crippen molar-refractivity contribution in [2.24, 2.45) is 17.8 Å². The molecule has 6 heteroatoms. The number of halogens is 1. The van der Waals surface area contributed by atoms with Crippen molar-refractivity contribution < 1.29 is 9.59 Å². The molecule has 1 spiro atoms. The maximum absolute atomic E-state index is 12.8. The second-order valence-corrected chi connectivity index (χ2v) is 9.65. The fourth-order valence-corrected chi connectivity index (χ4v) is 5.63. The van der Waals surface area contributed by atoms with Crippen LogP contribution in [-0.4, -0.2) is 59.9 Å². The number of nitrogens with one attached hydrogen (secondary N) is 1. The molecule has 3 aliphatic heterocycles. The molecule has 0 aliphatic carbocycles. The summed E-state index contributed by atoms with van der Waals surface area (Å²) in [6.07, 6.45) is 3.22. The molecule has 3 heterocycles. The first-order valence-corrected chi connectivity index (χ1v) is 11.3. The molecule has 3 aliphatic rings. The predicted molar refractivity (Wildman–Crippen MR) is 115 cm³/mol. The summed E-state index contributed by atoms with van der Waals surface area (Å²) >= 11 is 6.22. The van der Waals surface area contributed by atoms with Crippen LogP contribution in [0.3, 0.4) is 0 Å². The van der Waals surface area contributed by atoms with Gasteiger partial charge in [0, 0.05) is 49.2 Å². The van der Waals surface area contributed by atoms with Gasteiger partial charge in [0.05, 0.1) is 12.3 Å². The van der Waals surface area contributed by atoms with E-state index in [2.05, 4.69) is 24.1 Å². The molecule has 0 radical (unpaired) electrons. The van der Waals surface area contributed by atoms with E-state index >= 15 is 0 Å². The Hall–Kier alpha value is -1.59. The average Bonchev–Trinajstić information content (AvgIpc) is 3.23. The minimum atomic E-state index is -0.132. The van der Waals surface area contributed by atoms with E-state index in [0.29, 0.717) is 36.4 Å². The van der Waals surface area contributed by atoms with Gasteiger partial charge < -0.3 is 15.1 Å². The molecular formula is C23H32ClN3O2. The molecule has 3 saturated heterocycles. The van der Waals surface area contributed by atoms with Crippen LogP contribution in [0, 0.1) is 17.8 Å². The maximum Gasteiger partial charge on any atom is 0.227 e. The van der Waals surface area contributed by atoms with Crippen LogP contribution in [0.15, 0.2) is 24.3 Å². The number of carbonyl (C=O) groups is 2. The van der Waals surface area contributed by atoms with Gasteiger partial charge in [0.25, 0.3) is 0 Å². The lowest BCUT2D eigenvalue weighted by Crippen LogP contribution is -2.56. The molecule has 1 N–H and O–H groups in total. The van der Waals surface area contributed by atoms with Crippen LogP contribution in [0.5, 0.6) is 0 Å². The van der Waals surface area contributed by atoms with Gasteiger partial charge in [-0.3, -0.25) is 9.59 Å². The molecule has 3 atom stereocenters. The summed E-state index contributed by atoms with van der Waals surface area (Å²) in [7, 11) is 0. The van der Waals surface area contributed by atoms with E-state index in [4.69, 9.17) is 11.6 Å². The SMILES string of the molecule is CC[C@H](C)CN1C[C@H]2C(=O)NC3(CCN(C(=O)Cc4ccccc4Cl)CC3)[C@H]2C1. The Morgan fingerprint density at radius 1 is 1.28 bits per heavy atom. The van der Waals surface area contributed by atoms with Crippen molar-refractivity contribution in [1.29, 1.82) is 0 Å². The van der Waals surface area contributed by atoms with Crippen LogP contribution in [0.25, 0.3) is 0 Å². The Kier molecular flexibility index (Phi) is 5.90. The smallest absolute Gasteiger partial charge is 0.227 e. The van der Waals surface area contributed by atoms with Crippen molar-refractivity contribution in [3.8, 4) is 0 Å². The zero-order valence-corrected chi connectivity index (χ0v) is 18.3. The molecule has 3 fully saturated rings. The first-order chi connectivity index (χ1) is 13.9. The highest BCUT2D eigenvalue weighted by molar-refractivity contribution is 6.31. The fourth-order valence-electron chi connectivity index (χ4n) is 5.43. The summed E-state index contributed by atoms with van der Waals surface area (Å²) in [5.74, 6) is 1.50. The third-order valence-corrected chi connectivity index (χ3v) is 7.76. The standard InChI is InChI=1S/C23H32ClN3O2/c1-3-16(2)13-26-14-18-19(15-26)23(25-22(18)29)8-10-27(11-9-23)21(28)12-17-6-4-5-7-20(17)24/h4-7,16,18-19H,3,8-15H2,1-2H3,(H,25,29)/t16-,18+,19-/m0/s1. The van der Waals surface area contributed by atoms with E-state index in [9.17, 15) is 9.59 Å². The van der Waals surface area contributed by atoms with E-state index in [1.807, 2.05) is 29.2 Å². The predicted octanol–water partition coefficient (Wildman–Crippen LogP) is 2.97. The summed E-state index contributed by atoms with van der Waals surface area (Å²) in [4.78, 5) is 29.9. The summed E-state index contributed by atoms with van der Waals surface area (Å²) in [5, 5.41) is 4.00. The third-order valence-electron chi connectivity index (χ3n) is 7.39. The number of hydrogen-bond acceptors (Lipinski definition) is 3. The molecular weight excluding hydrogens is 386 g/mol. The highest BCUT2D eigenvalue weighted by Gasteiger charge is 2.57. The Bertz CT molecular complexity index is 775. The van der Waals surface area contributed by atoms with E-state index < -0.39 is 0 Å². The van der Waals surface area contributed by atoms with Crippen molar-refractivity contribution in [2.45, 2.75) is 45.1 Å². The number of hydrogen-bond donors (Lipinski definition) is 1. The van der Waals surface area contributed by atoms with Gasteiger partial charge in [-0.1, -0.05) is 50.1 Å². The zero-order valence-electron chi connectivity index (χ0n) is 17.5.